The molecule has 0 fully saturated rings. The minimum absolute atomic E-state index is 0.0252. The van der Waals surface area contributed by atoms with Crippen LogP contribution in [0.1, 0.15) is 26.7 Å². The number of Topliss-reactive ketones (excluding diaryl/α,β-unsaturated/α-hetero) is 1. The molecule has 0 amide bonds. The molecule has 1 aliphatic heterocycles. The molecule has 0 radical (unpaired) electrons. The average molecular weight is 166 g/mol. The van der Waals surface area contributed by atoms with Gasteiger partial charge in [0.1, 0.15) is 0 Å². The standard InChI is InChI=1S/C10H14O2/c1-3-8(2)10(11)9-6-4-5-7-12-9/h3,6H,4-5,7H2,1-2H3/b8-3+. The highest BCUT2D eigenvalue weighted by molar-refractivity contribution is 6.06. The monoisotopic (exact) mass is 166 g/mol. The van der Waals surface area contributed by atoms with Gasteiger partial charge in [-0.05, 0) is 38.3 Å². The van der Waals surface area contributed by atoms with Crippen molar-refractivity contribution in [3.8, 4) is 0 Å². The molecule has 0 atom stereocenters. The van der Waals surface area contributed by atoms with E-state index in [1.807, 2.05) is 13.0 Å². The Balaban J connectivity index is 2.69. The van der Waals surface area contributed by atoms with Crippen LogP contribution < -0.4 is 0 Å². The van der Waals surface area contributed by atoms with E-state index < -0.39 is 0 Å². The molecule has 1 aliphatic rings. The quantitative estimate of drug-likeness (QED) is 0.588. The van der Waals surface area contributed by atoms with Crippen molar-refractivity contribution in [3.63, 3.8) is 0 Å². The highest BCUT2D eigenvalue weighted by Crippen LogP contribution is 2.14. The third kappa shape index (κ3) is 1.97. The average Bonchev–Trinajstić information content (AvgIpc) is 2.17. The van der Waals surface area contributed by atoms with Crippen LogP contribution in [-0.4, -0.2) is 12.4 Å². The Labute approximate surface area is 72.9 Å². The smallest absolute Gasteiger partial charge is 0.222 e. The Hall–Kier alpha value is -1.05. The van der Waals surface area contributed by atoms with Gasteiger partial charge in [-0.25, -0.2) is 0 Å². The highest BCUT2D eigenvalue weighted by Gasteiger charge is 2.14. The zero-order chi connectivity index (χ0) is 8.97. The van der Waals surface area contributed by atoms with E-state index in [-0.39, 0.29) is 5.78 Å². The van der Waals surface area contributed by atoms with Gasteiger partial charge in [0.2, 0.25) is 5.78 Å². The van der Waals surface area contributed by atoms with E-state index in [1.165, 1.54) is 0 Å². The molecule has 0 aromatic carbocycles. The summed E-state index contributed by atoms with van der Waals surface area (Å²) in [6, 6.07) is 0. The number of carbonyl (C=O) groups excluding carboxylic acids is 1. The maximum atomic E-state index is 11.5. The van der Waals surface area contributed by atoms with Gasteiger partial charge >= 0.3 is 0 Å². The van der Waals surface area contributed by atoms with Gasteiger partial charge in [0.15, 0.2) is 5.76 Å². The Kier molecular flexibility index (Phi) is 3.09. The molecule has 2 nitrogen and oxygen atoms in total. The van der Waals surface area contributed by atoms with Gasteiger partial charge < -0.3 is 4.74 Å². The van der Waals surface area contributed by atoms with Gasteiger partial charge in [0.05, 0.1) is 6.61 Å². The van der Waals surface area contributed by atoms with E-state index in [0.29, 0.717) is 12.4 Å². The van der Waals surface area contributed by atoms with E-state index in [0.717, 1.165) is 18.4 Å². The normalized spacial score (nSPS) is 18.2. The molecule has 0 unspecified atom stereocenters. The molecule has 66 valence electrons. The summed E-state index contributed by atoms with van der Waals surface area (Å²) in [7, 11) is 0. The van der Waals surface area contributed by atoms with Gasteiger partial charge in [-0.2, -0.15) is 0 Å². The lowest BCUT2D eigenvalue weighted by Crippen LogP contribution is -2.11. The number of hydrogen-bond donors (Lipinski definition) is 0. The first-order chi connectivity index (χ1) is 5.75. The minimum atomic E-state index is 0.0252. The molecule has 0 bridgehead atoms. The second kappa shape index (κ2) is 4.10. The first-order valence-corrected chi connectivity index (χ1v) is 4.26. The lowest BCUT2D eigenvalue weighted by atomic mass is 10.1. The van der Waals surface area contributed by atoms with Crippen LogP contribution in [0.2, 0.25) is 0 Å². The molecule has 1 rings (SSSR count). The van der Waals surface area contributed by atoms with Gasteiger partial charge in [0.25, 0.3) is 0 Å². The van der Waals surface area contributed by atoms with Crippen molar-refractivity contribution in [2.45, 2.75) is 26.7 Å². The zero-order valence-electron chi connectivity index (χ0n) is 7.59. The summed E-state index contributed by atoms with van der Waals surface area (Å²) in [6.45, 7) is 4.34. The Morgan fingerprint density at radius 3 is 2.92 bits per heavy atom. The molecule has 1 heterocycles. The van der Waals surface area contributed by atoms with Crippen LogP contribution in [0.3, 0.4) is 0 Å². The Morgan fingerprint density at radius 2 is 2.42 bits per heavy atom. The molecule has 12 heavy (non-hydrogen) atoms. The second-order valence-electron chi connectivity index (χ2n) is 2.86. The number of carbonyl (C=O) groups is 1. The maximum Gasteiger partial charge on any atom is 0.222 e. The second-order valence-corrected chi connectivity index (χ2v) is 2.86. The molecule has 0 aromatic heterocycles. The lowest BCUT2D eigenvalue weighted by molar-refractivity contribution is -0.115. The molecule has 0 spiro atoms. The van der Waals surface area contributed by atoms with E-state index in [4.69, 9.17) is 4.74 Å². The number of allylic oxidation sites excluding steroid dienone is 3. The van der Waals surface area contributed by atoms with Crippen molar-refractivity contribution in [2.24, 2.45) is 0 Å². The van der Waals surface area contributed by atoms with Crippen LogP contribution in [0.25, 0.3) is 0 Å². The zero-order valence-corrected chi connectivity index (χ0v) is 7.59. The van der Waals surface area contributed by atoms with Crippen molar-refractivity contribution in [1.29, 1.82) is 0 Å². The van der Waals surface area contributed by atoms with Crippen LogP contribution in [0.15, 0.2) is 23.5 Å². The summed E-state index contributed by atoms with van der Waals surface area (Å²) >= 11 is 0. The molecule has 0 saturated carbocycles. The first kappa shape index (κ1) is 9.04. The van der Waals surface area contributed by atoms with Crippen LogP contribution >= 0.6 is 0 Å². The van der Waals surface area contributed by atoms with Crippen LogP contribution in [0, 0.1) is 0 Å². The van der Waals surface area contributed by atoms with E-state index >= 15 is 0 Å². The SMILES string of the molecule is C/C=C(\C)C(=O)C1=CCCCO1. The number of ether oxygens (including phenoxy) is 1. The van der Waals surface area contributed by atoms with Crippen molar-refractivity contribution in [3.05, 3.63) is 23.5 Å². The van der Waals surface area contributed by atoms with Crippen molar-refractivity contribution in [2.75, 3.05) is 6.61 Å². The fourth-order valence-corrected chi connectivity index (χ4v) is 1.04. The topological polar surface area (TPSA) is 26.3 Å². The van der Waals surface area contributed by atoms with Gasteiger partial charge in [-0.1, -0.05) is 6.08 Å². The van der Waals surface area contributed by atoms with Crippen LogP contribution in [0.4, 0.5) is 0 Å². The molecule has 0 aliphatic carbocycles. The molecule has 0 saturated heterocycles. The predicted octanol–water partition coefficient (Wildman–Crippen LogP) is 2.22. The van der Waals surface area contributed by atoms with Crippen molar-refractivity contribution < 1.29 is 9.53 Å². The predicted molar refractivity (Wildman–Crippen MR) is 47.7 cm³/mol. The molecule has 2 heteroatoms. The Bertz CT molecular complexity index is 236. The summed E-state index contributed by atoms with van der Waals surface area (Å²) in [4.78, 5) is 11.5. The highest BCUT2D eigenvalue weighted by atomic mass is 16.5. The minimum Gasteiger partial charge on any atom is -0.490 e. The summed E-state index contributed by atoms with van der Waals surface area (Å²) in [5.74, 6) is 0.550. The maximum absolute atomic E-state index is 11.5. The number of hydrogen-bond acceptors (Lipinski definition) is 2. The van der Waals surface area contributed by atoms with E-state index in [1.54, 1.807) is 13.0 Å². The largest absolute Gasteiger partial charge is 0.490 e. The summed E-state index contributed by atoms with van der Waals surface area (Å²) in [5.41, 5.74) is 0.753. The third-order valence-corrected chi connectivity index (χ3v) is 1.95. The fraction of sp³-hybridized carbons (Fsp3) is 0.500. The van der Waals surface area contributed by atoms with E-state index in [2.05, 4.69) is 0 Å². The Morgan fingerprint density at radius 1 is 1.67 bits per heavy atom. The third-order valence-electron chi connectivity index (χ3n) is 1.95. The number of ketones is 1. The molecule has 0 aromatic rings. The van der Waals surface area contributed by atoms with Gasteiger partial charge in [-0.3, -0.25) is 4.79 Å². The molecular formula is C10H14O2. The van der Waals surface area contributed by atoms with Crippen LogP contribution in [0.5, 0.6) is 0 Å². The van der Waals surface area contributed by atoms with Gasteiger partial charge in [-0.15, -0.1) is 0 Å². The summed E-state index contributed by atoms with van der Waals surface area (Å²) in [6.07, 6.45) is 5.66. The number of rotatable bonds is 2. The van der Waals surface area contributed by atoms with Gasteiger partial charge in [0, 0.05) is 0 Å². The molecular weight excluding hydrogens is 152 g/mol. The molecule has 0 N–H and O–H groups in total. The lowest BCUT2D eigenvalue weighted by Gasteiger charge is -2.13. The fourth-order valence-electron chi connectivity index (χ4n) is 1.04. The summed E-state index contributed by atoms with van der Waals surface area (Å²) < 4.78 is 5.23. The first-order valence-electron chi connectivity index (χ1n) is 4.26. The summed E-state index contributed by atoms with van der Waals surface area (Å²) in [5, 5.41) is 0. The van der Waals surface area contributed by atoms with E-state index in [9.17, 15) is 4.79 Å². The van der Waals surface area contributed by atoms with Crippen molar-refractivity contribution in [1.82, 2.24) is 0 Å². The van der Waals surface area contributed by atoms with Crippen molar-refractivity contribution >= 4 is 5.78 Å². The van der Waals surface area contributed by atoms with Crippen LogP contribution in [-0.2, 0) is 9.53 Å².